The Kier molecular flexibility index (Phi) is 5.69. The van der Waals surface area contributed by atoms with E-state index in [9.17, 15) is 5.11 Å². The summed E-state index contributed by atoms with van der Waals surface area (Å²) in [4.78, 5) is 0. The lowest BCUT2D eigenvalue weighted by atomic mass is 9.50. The van der Waals surface area contributed by atoms with Crippen molar-refractivity contribution in [2.45, 2.75) is 92.6 Å². The highest BCUT2D eigenvalue weighted by Gasteiger charge is 2.56. The standard InChI is InChI=1S/C28H44O/c1-18(2)19(3)7-8-20(4)24-11-12-25-23-10-9-21-17-22(29)13-15-27(21,5)26(23)14-16-28(24,25)6/h7-10,18-20,22,24-26,29H,11-17H2,1-6H3/b8-7+/t19-,20-,22+,24+,25+,26+,27+,28-/m1/s1. The van der Waals surface area contributed by atoms with Crippen LogP contribution in [0.2, 0.25) is 0 Å². The van der Waals surface area contributed by atoms with Crippen molar-refractivity contribution in [1.82, 2.24) is 0 Å². The first-order valence-electron chi connectivity index (χ1n) is 12.4. The molecule has 4 aliphatic carbocycles. The van der Waals surface area contributed by atoms with Crippen molar-refractivity contribution < 1.29 is 5.11 Å². The van der Waals surface area contributed by atoms with E-state index in [0.717, 1.165) is 36.5 Å². The molecule has 4 rings (SSSR count). The molecule has 0 heterocycles. The molecule has 8 atom stereocenters. The Morgan fingerprint density at radius 3 is 2.41 bits per heavy atom. The Hall–Kier alpha value is -0.820. The third kappa shape index (κ3) is 3.50. The molecular formula is C28H44O. The molecule has 29 heavy (non-hydrogen) atoms. The number of aliphatic hydroxyl groups excluding tert-OH is 1. The normalized spacial score (nSPS) is 44.0. The molecule has 1 nitrogen and oxygen atoms in total. The van der Waals surface area contributed by atoms with Crippen molar-refractivity contribution in [3.8, 4) is 0 Å². The van der Waals surface area contributed by atoms with Crippen LogP contribution in [0.1, 0.15) is 86.5 Å². The number of rotatable bonds is 4. The summed E-state index contributed by atoms with van der Waals surface area (Å²) in [5.41, 5.74) is 4.07. The molecule has 4 aliphatic rings. The number of hydrogen-bond acceptors (Lipinski definition) is 1. The maximum absolute atomic E-state index is 10.2. The van der Waals surface area contributed by atoms with E-state index < -0.39 is 0 Å². The molecule has 0 unspecified atom stereocenters. The zero-order valence-electron chi connectivity index (χ0n) is 19.7. The summed E-state index contributed by atoms with van der Waals surface area (Å²) in [5.74, 6) is 4.38. The Morgan fingerprint density at radius 2 is 1.69 bits per heavy atom. The topological polar surface area (TPSA) is 20.2 Å². The van der Waals surface area contributed by atoms with Gasteiger partial charge in [-0.15, -0.1) is 0 Å². The molecule has 0 amide bonds. The maximum Gasteiger partial charge on any atom is 0.0578 e. The van der Waals surface area contributed by atoms with Crippen molar-refractivity contribution in [3.05, 3.63) is 35.5 Å². The largest absolute Gasteiger partial charge is 0.393 e. The fourth-order valence-electron chi connectivity index (χ4n) is 7.59. The highest BCUT2D eigenvalue weighted by Crippen LogP contribution is 2.65. The highest BCUT2D eigenvalue weighted by atomic mass is 16.3. The second-order valence-electron chi connectivity index (χ2n) is 11.9. The summed E-state index contributed by atoms with van der Waals surface area (Å²) in [6, 6.07) is 0. The quantitative estimate of drug-likeness (QED) is 0.493. The van der Waals surface area contributed by atoms with Gasteiger partial charge in [-0.1, -0.05) is 77.0 Å². The van der Waals surface area contributed by atoms with Crippen molar-refractivity contribution in [3.63, 3.8) is 0 Å². The van der Waals surface area contributed by atoms with Crippen LogP contribution in [0.3, 0.4) is 0 Å². The van der Waals surface area contributed by atoms with Gasteiger partial charge in [0.25, 0.3) is 0 Å². The molecular weight excluding hydrogens is 352 g/mol. The van der Waals surface area contributed by atoms with E-state index in [4.69, 9.17) is 0 Å². The van der Waals surface area contributed by atoms with Gasteiger partial charge in [0.2, 0.25) is 0 Å². The van der Waals surface area contributed by atoms with Crippen LogP contribution in [-0.2, 0) is 0 Å². The highest BCUT2D eigenvalue weighted by molar-refractivity contribution is 5.39. The first-order valence-corrected chi connectivity index (χ1v) is 12.4. The van der Waals surface area contributed by atoms with Gasteiger partial charge in [-0.2, -0.15) is 0 Å². The molecule has 0 spiro atoms. The molecule has 0 saturated heterocycles. The zero-order valence-corrected chi connectivity index (χ0v) is 19.7. The van der Waals surface area contributed by atoms with Crippen molar-refractivity contribution in [2.24, 2.45) is 46.3 Å². The Bertz CT molecular complexity index is 712. The SMILES string of the molecule is CC(C)[C@H](C)/C=C/[C@@H](C)[C@@H]1CC[C@H]2C3=CC=C4C[C@@H](O)CC[C@]4(C)[C@H]3CC[C@@]21C. The van der Waals surface area contributed by atoms with Gasteiger partial charge in [0, 0.05) is 0 Å². The van der Waals surface area contributed by atoms with E-state index in [1.165, 1.54) is 37.7 Å². The summed E-state index contributed by atoms with van der Waals surface area (Å²) in [5, 5.41) is 10.2. The lowest BCUT2D eigenvalue weighted by Crippen LogP contribution is -2.46. The second kappa shape index (κ2) is 7.70. The third-order valence-electron chi connectivity index (χ3n) is 10.0. The van der Waals surface area contributed by atoms with E-state index >= 15 is 0 Å². The van der Waals surface area contributed by atoms with Crippen LogP contribution in [0.5, 0.6) is 0 Å². The van der Waals surface area contributed by atoms with Gasteiger partial charge in [-0.05, 0) is 91.3 Å². The molecule has 0 bridgehead atoms. The van der Waals surface area contributed by atoms with Crippen LogP contribution >= 0.6 is 0 Å². The molecule has 0 aromatic rings. The first-order chi connectivity index (χ1) is 13.7. The predicted molar refractivity (Wildman–Crippen MR) is 123 cm³/mol. The van der Waals surface area contributed by atoms with E-state index in [0.29, 0.717) is 22.7 Å². The van der Waals surface area contributed by atoms with E-state index in [1.54, 1.807) is 5.57 Å². The number of hydrogen-bond donors (Lipinski definition) is 1. The van der Waals surface area contributed by atoms with Gasteiger partial charge in [0.15, 0.2) is 0 Å². The van der Waals surface area contributed by atoms with Crippen LogP contribution in [0.25, 0.3) is 0 Å². The third-order valence-corrected chi connectivity index (χ3v) is 10.0. The van der Waals surface area contributed by atoms with Gasteiger partial charge >= 0.3 is 0 Å². The summed E-state index contributed by atoms with van der Waals surface area (Å²) in [6.07, 6.45) is 18.4. The van der Waals surface area contributed by atoms with Crippen LogP contribution in [0.4, 0.5) is 0 Å². The number of aliphatic hydroxyl groups is 1. The fourth-order valence-corrected chi connectivity index (χ4v) is 7.59. The molecule has 3 fully saturated rings. The van der Waals surface area contributed by atoms with Gasteiger partial charge in [0.05, 0.1) is 6.10 Å². The molecule has 3 saturated carbocycles. The maximum atomic E-state index is 10.2. The summed E-state index contributed by atoms with van der Waals surface area (Å²) in [7, 11) is 0. The Balaban J connectivity index is 1.57. The average molecular weight is 397 g/mol. The van der Waals surface area contributed by atoms with Gasteiger partial charge in [0.1, 0.15) is 0 Å². The van der Waals surface area contributed by atoms with Gasteiger partial charge in [-0.25, -0.2) is 0 Å². The zero-order chi connectivity index (χ0) is 21.0. The van der Waals surface area contributed by atoms with E-state index in [1.807, 2.05) is 0 Å². The average Bonchev–Trinajstić information content (AvgIpc) is 3.03. The lowest BCUT2D eigenvalue weighted by molar-refractivity contribution is 0.0382. The first kappa shape index (κ1) is 21.4. The van der Waals surface area contributed by atoms with Crippen molar-refractivity contribution in [2.75, 3.05) is 0 Å². The minimum atomic E-state index is -0.116. The molecule has 162 valence electrons. The van der Waals surface area contributed by atoms with Gasteiger partial charge in [-0.3, -0.25) is 0 Å². The minimum absolute atomic E-state index is 0.116. The van der Waals surface area contributed by atoms with Crippen LogP contribution in [0, 0.1) is 46.3 Å². The van der Waals surface area contributed by atoms with Crippen LogP contribution in [0.15, 0.2) is 35.5 Å². The molecule has 1 N–H and O–H groups in total. The predicted octanol–water partition coefficient (Wildman–Crippen LogP) is 7.33. The summed E-state index contributed by atoms with van der Waals surface area (Å²) < 4.78 is 0. The summed E-state index contributed by atoms with van der Waals surface area (Å²) in [6.45, 7) is 14.6. The monoisotopic (exact) mass is 396 g/mol. The number of fused-ring (bicyclic) bond motifs is 5. The molecule has 0 aromatic carbocycles. The fraction of sp³-hybridized carbons (Fsp3) is 0.786. The van der Waals surface area contributed by atoms with Crippen LogP contribution in [-0.4, -0.2) is 11.2 Å². The Labute approximate surface area is 179 Å². The van der Waals surface area contributed by atoms with E-state index in [2.05, 4.69) is 65.8 Å². The minimum Gasteiger partial charge on any atom is -0.393 e. The van der Waals surface area contributed by atoms with Crippen LogP contribution < -0.4 is 0 Å². The smallest absolute Gasteiger partial charge is 0.0578 e. The van der Waals surface area contributed by atoms with E-state index in [-0.39, 0.29) is 6.10 Å². The Morgan fingerprint density at radius 1 is 0.931 bits per heavy atom. The molecule has 0 radical (unpaired) electrons. The summed E-state index contributed by atoms with van der Waals surface area (Å²) >= 11 is 0. The lowest BCUT2D eigenvalue weighted by Gasteiger charge is -2.55. The molecule has 0 aliphatic heterocycles. The number of allylic oxidation sites excluding steroid dienone is 5. The second-order valence-corrected chi connectivity index (χ2v) is 11.9. The van der Waals surface area contributed by atoms with Crippen molar-refractivity contribution in [1.29, 1.82) is 0 Å². The molecule has 1 heteroatoms. The molecule has 0 aromatic heterocycles. The van der Waals surface area contributed by atoms with Crippen molar-refractivity contribution >= 4 is 0 Å². The van der Waals surface area contributed by atoms with Gasteiger partial charge < -0.3 is 5.11 Å².